The van der Waals surface area contributed by atoms with Gasteiger partial charge in [0.1, 0.15) is 5.75 Å². The van der Waals surface area contributed by atoms with Gasteiger partial charge in [-0.05, 0) is 76.3 Å². The molecule has 0 N–H and O–H groups in total. The average molecular weight is 487 g/mol. The van der Waals surface area contributed by atoms with Crippen molar-refractivity contribution < 1.29 is 13.9 Å². The molecule has 9 nitrogen and oxygen atoms in total. The molecule has 186 valence electrons. The number of piperidine rings is 1. The lowest BCUT2D eigenvalue weighted by molar-refractivity contribution is 0.0962. The van der Waals surface area contributed by atoms with Crippen LogP contribution in [0.2, 0.25) is 0 Å². The van der Waals surface area contributed by atoms with Crippen LogP contribution in [0.25, 0.3) is 17.1 Å². The predicted molar refractivity (Wildman–Crippen MR) is 137 cm³/mol. The minimum Gasteiger partial charge on any atom is -0.494 e. The molecule has 2 aromatic carbocycles. The van der Waals surface area contributed by atoms with Crippen molar-refractivity contribution in [2.24, 2.45) is 0 Å². The number of ether oxygens (including phenoxy) is 1. The smallest absolute Gasteiger partial charge is 0.259 e. The van der Waals surface area contributed by atoms with E-state index in [0.29, 0.717) is 35.5 Å². The van der Waals surface area contributed by atoms with Gasteiger partial charge in [-0.25, -0.2) is 4.68 Å². The number of benzene rings is 2. The lowest BCUT2D eigenvalue weighted by atomic mass is 10.0. The second kappa shape index (κ2) is 10.3. The molecular formula is C27H30N6O3. The zero-order valence-corrected chi connectivity index (χ0v) is 20.8. The minimum atomic E-state index is -0.0774. The van der Waals surface area contributed by atoms with Crippen LogP contribution < -0.4 is 9.64 Å². The van der Waals surface area contributed by atoms with Gasteiger partial charge in [0, 0.05) is 36.4 Å². The number of rotatable bonds is 7. The summed E-state index contributed by atoms with van der Waals surface area (Å²) in [7, 11) is 2.11. The van der Waals surface area contributed by atoms with Crippen LogP contribution in [0.4, 0.5) is 5.82 Å². The average Bonchev–Trinajstić information content (AvgIpc) is 3.55. The fourth-order valence-electron chi connectivity index (χ4n) is 4.52. The van der Waals surface area contributed by atoms with E-state index in [1.54, 1.807) is 17.7 Å². The van der Waals surface area contributed by atoms with Gasteiger partial charge >= 0.3 is 0 Å². The maximum atomic E-state index is 13.8. The highest BCUT2D eigenvalue weighted by molar-refractivity contribution is 6.06. The van der Waals surface area contributed by atoms with Crippen molar-refractivity contribution in [1.82, 2.24) is 24.9 Å². The van der Waals surface area contributed by atoms with Crippen molar-refractivity contribution in [3.05, 3.63) is 72.2 Å². The highest BCUT2D eigenvalue weighted by atomic mass is 16.5. The summed E-state index contributed by atoms with van der Waals surface area (Å²) in [6.07, 6.45) is 3.64. The summed E-state index contributed by atoms with van der Waals surface area (Å²) in [5.74, 6) is 2.20. The van der Waals surface area contributed by atoms with Crippen LogP contribution in [0, 0.1) is 6.92 Å². The summed E-state index contributed by atoms with van der Waals surface area (Å²) >= 11 is 0. The van der Waals surface area contributed by atoms with Crippen LogP contribution in [-0.4, -0.2) is 63.6 Å². The number of carbonyl (C=O) groups excluding carboxylic acids is 1. The van der Waals surface area contributed by atoms with Gasteiger partial charge in [-0.15, -0.1) is 15.3 Å². The van der Waals surface area contributed by atoms with Crippen molar-refractivity contribution in [3.8, 4) is 22.9 Å². The van der Waals surface area contributed by atoms with E-state index >= 15 is 0 Å². The Bertz CT molecular complexity index is 1340. The molecule has 1 amide bonds. The largest absolute Gasteiger partial charge is 0.494 e. The summed E-state index contributed by atoms with van der Waals surface area (Å²) in [4.78, 5) is 18.0. The lowest BCUT2D eigenvalue weighted by Gasteiger charge is -2.36. The Morgan fingerprint density at radius 1 is 1.11 bits per heavy atom. The molecule has 4 aromatic rings. The first-order chi connectivity index (χ1) is 17.5. The molecule has 3 heterocycles. The molecule has 1 saturated heterocycles. The van der Waals surface area contributed by atoms with Crippen molar-refractivity contribution >= 4 is 11.7 Å². The van der Waals surface area contributed by atoms with Crippen molar-refractivity contribution in [3.63, 3.8) is 0 Å². The molecule has 0 unspecified atom stereocenters. The first-order valence-electron chi connectivity index (χ1n) is 12.2. The Balaban J connectivity index is 1.48. The third-order valence-electron chi connectivity index (χ3n) is 6.37. The number of likely N-dealkylation sites (tertiary alicyclic amines) is 1. The van der Waals surface area contributed by atoms with Gasteiger partial charge < -0.3 is 14.1 Å². The molecule has 1 fully saturated rings. The van der Waals surface area contributed by atoms with Gasteiger partial charge in [-0.3, -0.25) is 9.69 Å². The van der Waals surface area contributed by atoms with Crippen LogP contribution in [-0.2, 0) is 0 Å². The van der Waals surface area contributed by atoms with E-state index in [9.17, 15) is 4.79 Å². The SMILES string of the molecule is CCOc1cccc(C(=O)N(c2ccn(-c3cccc(-c4nnc(C)o4)c3)n2)C2CCN(C)CC2)c1. The van der Waals surface area contributed by atoms with Crippen LogP contribution >= 0.6 is 0 Å². The molecule has 1 aliphatic rings. The van der Waals surface area contributed by atoms with E-state index in [1.807, 2.05) is 66.6 Å². The Morgan fingerprint density at radius 2 is 1.92 bits per heavy atom. The van der Waals surface area contributed by atoms with Crippen molar-refractivity contribution in [2.45, 2.75) is 32.7 Å². The minimum absolute atomic E-state index is 0.0560. The summed E-state index contributed by atoms with van der Waals surface area (Å²) in [6, 6.07) is 17.0. The Morgan fingerprint density at radius 3 is 2.67 bits per heavy atom. The molecule has 0 radical (unpaired) electrons. The Labute approximate surface area is 210 Å². The number of anilines is 1. The topological polar surface area (TPSA) is 89.5 Å². The van der Waals surface area contributed by atoms with Crippen LogP contribution in [0.1, 0.15) is 36.0 Å². The molecular weight excluding hydrogens is 456 g/mol. The molecule has 2 aromatic heterocycles. The second-order valence-corrected chi connectivity index (χ2v) is 8.97. The van der Waals surface area contributed by atoms with Gasteiger partial charge in [0.2, 0.25) is 11.8 Å². The lowest BCUT2D eigenvalue weighted by Crippen LogP contribution is -2.47. The molecule has 9 heteroatoms. The number of aryl methyl sites for hydroxylation is 1. The molecule has 0 bridgehead atoms. The van der Waals surface area contributed by atoms with Gasteiger partial charge in [0.05, 0.1) is 12.3 Å². The van der Waals surface area contributed by atoms with Gasteiger partial charge in [-0.2, -0.15) is 0 Å². The molecule has 0 aliphatic carbocycles. The standard InChI is InChI=1S/C27H30N6O3/c1-4-35-24-10-6-8-21(18-24)27(34)33(22-11-14-31(3)15-12-22)25-13-16-32(30-25)23-9-5-7-20(17-23)26-29-28-19(2)36-26/h5-10,13,16-18,22H,4,11-12,14-15H2,1-3H3. The molecule has 1 aliphatic heterocycles. The molecule has 0 saturated carbocycles. The Hall–Kier alpha value is -3.98. The van der Waals surface area contributed by atoms with Crippen LogP contribution in [0.3, 0.4) is 0 Å². The van der Waals surface area contributed by atoms with E-state index in [2.05, 4.69) is 22.1 Å². The molecule has 0 atom stereocenters. The number of aromatic nitrogens is 4. The first kappa shape index (κ1) is 23.7. The van der Waals surface area contributed by atoms with Gasteiger partial charge in [0.25, 0.3) is 5.91 Å². The van der Waals surface area contributed by atoms with E-state index in [0.717, 1.165) is 37.2 Å². The van der Waals surface area contributed by atoms with Crippen LogP contribution in [0.5, 0.6) is 5.75 Å². The van der Waals surface area contributed by atoms with Crippen molar-refractivity contribution in [1.29, 1.82) is 0 Å². The summed E-state index contributed by atoms with van der Waals surface area (Å²) in [5.41, 5.74) is 2.23. The van der Waals surface area contributed by atoms with E-state index in [4.69, 9.17) is 14.3 Å². The third kappa shape index (κ3) is 5.01. The monoisotopic (exact) mass is 486 g/mol. The number of nitrogens with zero attached hydrogens (tertiary/aromatic N) is 6. The molecule has 0 spiro atoms. The van der Waals surface area contributed by atoms with Crippen molar-refractivity contribution in [2.75, 3.05) is 31.6 Å². The summed E-state index contributed by atoms with van der Waals surface area (Å²) < 4.78 is 13.0. The second-order valence-electron chi connectivity index (χ2n) is 8.97. The normalized spacial score (nSPS) is 14.6. The summed E-state index contributed by atoms with van der Waals surface area (Å²) in [6.45, 7) is 6.10. The maximum absolute atomic E-state index is 13.8. The Kier molecular flexibility index (Phi) is 6.81. The third-order valence-corrected chi connectivity index (χ3v) is 6.37. The number of hydrogen-bond acceptors (Lipinski definition) is 7. The number of hydrogen-bond donors (Lipinski definition) is 0. The highest BCUT2D eigenvalue weighted by Gasteiger charge is 2.31. The maximum Gasteiger partial charge on any atom is 0.259 e. The van der Waals surface area contributed by atoms with E-state index in [-0.39, 0.29) is 11.9 Å². The quantitative estimate of drug-likeness (QED) is 0.383. The fourth-order valence-corrected chi connectivity index (χ4v) is 4.52. The molecule has 5 rings (SSSR count). The fraction of sp³-hybridized carbons (Fsp3) is 0.333. The zero-order chi connectivity index (χ0) is 25.1. The molecule has 36 heavy (non-hydrogen) atoms. The van der Waals surface area contributed by atoms with Gasteiger partial charge in [0.15, 0.2) is 5.82 Å². The van der Waals surface area contributed by atoms with E-state index in [1.165, 1.54) is 0 Å². The number of amides is 1. The summed E-state index contributed by atoms with van der Waals surface area (Å²) in [5, 5.41) is 12.9. The zero-order valence-electron chi connectivity index (χ0n) is 20.8. The van der Waals surface area contributed by atoms with Crippen LogP contribution in [0.15, 0.2) is 65.2 Å². The first-order valence-corrected chi connectivity index (χ1v) is 12.2. The predicted octanol–water partition coefficient (Wildman–Crippen LogP) is 4.37. The van der Waals surface area contributed by atoms with E-state index < -0.39 is 0 Å². The number of carbonyl (C=O) groups is 1. The van der Waals surface area contributed by atoms with Gasteiger partial charge in [-0.1, -0.05) is 12.1 Å². The highest BCUT2D eigenvalue weighted by Crippen LogP contribution is 2.27.